The van der Waals surface area contributed by atoms with Crippen molar-refractivity contribution in [3.63, 3.8) is 0 Å². The van der Waals surface area contributed by atoms with Crippen molar-refractivity contribution in [2.75, 3.05) is 55.1 Å². The number of amides is 1. The molecule has 2 N–H and O–H groups in total. The first kappa shape index (κ1) is 26.9. The number of aromatic nitrogens is 2. The fourth-order valence-electron chi connectivity index (χ4n) is 4.65. The second-order valence-electron chi connectivity index (χ2n) is 9.19. The van der Waals surface area contributed by atoms with Crippen molar-refractivity contribution in [1.29, 1.82) is 0 Å². The molecule has 2 aliphatic heterocycles. The molecule has 14 heteroatoms. The molecule has 1 aromatic carbocycles. The zero-order valence-corrected chi connectivity index (χ0v) is 21.1. The summed E-state index contributed by atoms with van der Waals surface area (Å²) in [6, 6.07) is 4.97. The van der Waals surface area contributed by atoms with Gasteiger partial charge in [-0.15, -0.1) is 5.10 Å². The monoisotopic (exact) mass is 542 g/mol. The Morgan fingerprint density at radius 3 is 2.38 bits per heavy atom. The van der Waals surface area contributed by atoms with Crippen molar-refractivity contribution >= 4 is 34.5 Å². The van der Waals surface area contributed by atoms with Gasteiger partial charge in [0, 0.05) is 70.0 Å². The number of benzene rings is 1. The summed E-state index contributed by atoms with van der Waals surface area (Å²) in [5.74, 6) is -1.03. The average molecular weight is 543 g/mol. The molecule has 0 aliphatic carbocycles. The van der Waals surface area contributed by atoms with Gasteiger partial charge in [-0.2, -0.15) is 17.9 Å². The lowest BCUT2D eigenvalue weighted by Crippen LogP contribution is -2.49. The van der Waals surface area contributed by atoms with E-state index in [-0.39, 0.29) is 6.03 Å². The Morgan fingerprint density at radius 2 is 1.78 bits per heavy atom. The number of nitrogens with one attached hydrogen (secondary N) is 1. The number of halogens is 3. The highest BCUT2D eigenvalue weighted by Gasteiger charge is 2.33. The summed E-state index contributed by atoms with van der Waals surface area (Å²) in [6.07, 6.45) is -0.770. The molecule has 1 amide bonds. The van der Waals surface area contributed by atoms with Crippen LogP contribution in [0.1, 0.15) is 24.0 Å². The molecule has 2 aromatic rings. The Labute approximate surface area is 214 Å². The molecule has 3 heterocycles. The van der Waals surface area contributed by atoms with Crippen LogP contribution in [0.2, 0.25) is 0 Å². The highest BCUT2D eigenvalue weighted by molar-refractivity contribution is 7.85. The molecular weight excluding hydrogens is 513 g/mol. The van der Waals surface area contributed by atoms with Gasteiger partial charge in [0.05, 0.1) is 11.5 Å². The van der Waals surface area contributed by atoms with Gasteiger partial charge in [0.1, 0.15) is 11.0 Å². The number of piperazine rings is 1. The number of hydrogen-bond donors (Lipinski definition) is 2. The fraction of sp³-hybridized carbons (Fsp3) is 0.522. The van der Waals surface area contributed by atoms with Gasteiger partial charge in [-0.1, -0.05) is 6.07 Å². The third-order valence-corrected chi connectivity index (χ3v) is 7.16. The van der Waals surface area contributed by atoms with Crippen LogP contribution in [0.3, 0.4) is 0 Å². The predicted octanol–water partition coefficient (Wildman–Crippen LogP) is 2.69. The number of aliphatic carboxylic acids is 1. The van der Waals surface area contributed by atoms with E-state index in [2.05, 4.69) is 14.7 Å². The molecule has 2 aliphatic rings. The zero-order chi connectivity index (χ0) is 26.7. The third kappa shape index (κ3) is 6.60. The average Bonchev–Trinajstić information content (AvgIpc) is 3.31. The summed E-state index contributed by atoms with van der Waals surface area (Å²) in [5.41, 5.74) is 0.473. The van der Waals surface area contributed by atoms with E-state index < -0.39 is 34.6 Å². The van der Waals surface area contributed by atoms with Crippen molar-refractivity contribution < 1.29 is 32.1 Å². The minimum absolute atomic E-state index is 0.314. The van der Waals surface area contributed by atoms with Crippen molar-refractivity contribution in [3.8, 4) is 0 Å². The first-order valence-electron chi connectivity index (χ1n) is 11.9. The van der Waals surface area contributed by atoms with E-state index in [1.165, 1.54) is 23.2 Å². The second kappa shape index (κ2) is 11.1. The van der Waals surface area contributed by atoms with E-state index in [4.69, 9.17) is 0 Å². The molecule has 0 bridgehead atoms. The Kier molecular flexibility index (Phi) is 8.07. The molecule has 2 fully saturated rings. The van der Waals surface area contributed by atoms with E-state index in [0.29, 0.717) is 70.2 Å². The SMILES string of the molecule is CS(=O)Nc1ccn(C(=O)N2CCN(Cc3ccc(C(F)(F)F)cc3N3CCC(C(=O)O)CC3)CC2)n1. The molecule has 1 aromatic heterocycles. The van der Waals surface area contributed by atoms with Gasteiger partial charge in [0.25, 0.3) is 0 Å². The number of nitrogens with zero attached hydrogens (tertiary/aromatic N) is 5. The van der Waals surface area contributed by atoms with Crippen LogP contribution in [-0.4, -0.2) is 86.4 Å². The smallest absolute Gasteiger partial charge is 0.416 e. The predicted molar refractivity (Wildman–Crippen MR) is 132 cm³/mol. The van der Waals surface area contributed by atoms with E-state index >= 15 is 0 Å². The minimum atomic E-state index is -4.48. The molecule has 2 saturated heterocycles. The highest BCUT2D eigenvalue weighted by Crippen LogP contribution is 2.35. The van der Waals surface area contributed by atoms with Gasteiger partial charge in [0.15, 0.2) is 5.82 Å². The van der Waals surface area contributed by atoms with Crippen molar-refractivity contribution in [1.82, 2.24) is 19.6 Å². The van der Waals surface area contributed by atoms with Crippen LogP contribution >= 0.6 is 0 Å². The van der Waals surface area contributed by atoms with Gasteiger partial charge < -0.3 is 14.9 Å². The fourth-order valence-corrected chi connectivity index (χ4v) is 5.05. The van der Waals surface area contributed by atoms with Crippen LogP contribution < -0.4 is 9.62 Å². The normalized spacial score (nSPS) is 18.6. The summed E-state index contributed by atoms with van der Waals surface area (Å²) in [4.78, 5) is 29.6. The number of hydrogen-bond acceptors (Lipinski definition) is 6. The molecule has 0 radical (unpaired) electrons. The number of carboxylic acids is 1. The molecule has 37 heavy (non-hydrogen) atoms. The van der Waals surface area contributed by atoms with E-state index in [0.717, 1.165) is 17.7 Å². The largest absolute Gasteiger partial charge is 0.481 e. The lowest BCUT2D eigenvalue weighted by atomic mass is 9.95. The number of anilines is 2. The molecule has 202 valence electrons. The molecule has 4 rings (SSSR count). The van der Waals surface area contributed by atoms with Gasteiger partial charge >= 0.3 is 18.2 Å². The van der Waals surface area contributed by atoms with Gasteiger partial charge in [-0.25, -0.2) is 9.00 Å². The van der Waals surface area contributed by atoms with Crippen LogP contribution in [0.25, 0.3) is 0 Å². The second-order valence-corrected chi connectivity index (χ2v) is 10.3. The highest BCUT2D eigenvalue weighted by atomic mass is 32.2. The minimum Gasteiger partial charge on any atom is -0.481 e. The number of alkyl halides is 3. The van der Waals surface area contributed by atoms with E-state index in [1.54, 1.807) is 11.0 Å². The van der Waals surface area contributed by atoms with Gasteiger partial charge in [-0.3, -0.25) is 14.4 Å². The first-order valence-corrected chi connectivity index (χ1v) is 13.4. The summed E-state index contributed by atoms with van der Waals surface area (Å²) in [5, 5.41) is 13.4. The van der Waals surface area contributed by atoms with Gasteiger partial charge in [-0.05, 0) is 30.5 Å². The van der Waals surface area contributed by atoms with Crippen molar-refractivity contribution in [3.05, 3.63) is 41.6 Å². The standard InChI is InChI=1S/C23H29F3N6O4S/c1-37(36)28-20-6-9-32(27-20)22(35)31-12-10-29(11-13-31)15-17-2-3-18(23(24,25)26)14-19(17)30-7-4-16(5-8-30)21(33)34/h2-3,6,9,14,16H,4-5,7-8,10-13,15H2,1H3,(H,27,28)(H,33,34). The van der Waals surface area contributed by atoms with Crippen LogP contribution in [0.15, 0.2) is 30.5 Å². The number of carbonyl (C=O) groups excluding carboxylic acids is 1. The van der Waals surface area contributed by atoms with Crippen LogP contribution in [0, 0.1) is 5.92 Å². The maximum atomic E-state index is 13.4. The van der Waals surface area contributed by atoms with Crippen LogP contribution in [0.5, 0.6) is 0 Å². The van der Waals surface area contributed by atoms with Gasteiger partial charge in [0.2, 0.25) is 0 Å². The number of carboxylic acid groups (broad SMARTS) is 1. The van der Waals surface area contributed by atoms with Crippen LogP contribution in [0.4, 0.5) is 29.5 Å². The molecule has 0 spiro atoms. The number of carbonyl (C=O) groups is 2. The van der Waals surface area contributed by atoms with E-state index in [1.807, 2.05) is 4.90 Å². The maximum absolute atomic E-state index is 13.4. The first-order chi connectivity index (χ1) is 17.5. The number of rotatable bonds is 6. The zero-order valence-electron chi connectivity index (χ0n) is 20.3. The van der Waals surface area contributed by atoms with Crippen molar-refractivity contribution in [2.24, 2.45) is 5.92 Å². The summed E-state index contributed by atoms with van der Waals surface area (Å²) in [6.45, 7) is 3.05. The molecule has 10 nitrogen and oxygen atoms in total. The topological polar surface area (TPSA) is 111 Å². The third-order valence-electron chi connectivity index (χ3n) is 6.67. The molecule has 1 unspecified atom stereocenters. The Morgan fingerprint density at radius 1 is 1.11 bits per heavy atom. The Bertz CT molecular complexity index is 1160. The maximum Gasteiger partial charge on any atom is 0.416 e. The quantitative estimate of drug-likeness (QED) is 0.578. The molecule has 0 saturated carbocycles. The van der Waals surface area contributed by atoms with E-state index in [9.17, 15) is 32.1 Å². The lowest BCUT2D eigenvalue weighted by molar-refractivity contribution is -0.142. The summed E-state index contributed by atoms with van der Waals surface area (Å²) < 4.78 is 55.4. The van der Waals surface area contributed by atoms with Crippen LogP contribution in [-0.2, 0) is 28.5 Å². The summed E-state index contributed by atoms with van der Waals surface area (Å²) in [7, 11) is -1.31. The number of piperidine rings is 1. The lowest BCUT2D eigenvalue weighted by Gasteiger charge is -2.37. The Balaban J connectivity index is 1.42. The molecule has 1 atom stereocenters. The summed E-state index contributed by atoms with van der Waals surface area (Å²) >= 11 is 0. The Hall–Kier alpha value is -3.13. The van der Waals surface area contributed by atoms with Crippen molar-refractivity contribution in [2.45, 2.75) is 25.6 Å². The molecular formula is C23H29F3N6O4S.